The van der Waals surface area contributed by atoms with Gasteiger partial charge in [-0.3, -0.25) is 4.98 Å². The molecule has 0 saturated heterocycles. The lowest BCUT2D eigenvalue weighted by Crippen LogP contribution is -2.21. The molecular formula is C13H18N2. The van der Waals surface area contributed by atoms with E-state index in [-0.39, 0.29) is 6.04 Å². The Morgan fingerprint density at radius 3 is 2.73 bits per heavy atom. The van der Waals surface area contributed by atoms with E-state index >= 15 is 0 Å². The molecule has 2 aliphatic carbocycles. The Labute approximate surface area is 90.9 Å². The van der Waals surface area contributed by atoms with Gasteiger partial charge < -0.3 is 5.73 Å². The first-order valence-corrected chi connectivity index (χ1v) is 5.92. The standard InChI is InChI=1S/C13H18N2/c1-8-2-3-15-7-12(8)13(14)11-5-9-4-10(9)6-11/h2-3,7,9-11,13H,4-6,14H2,1H3. The summed E-state index contributed by atoms with van der Waals surface area (Å²) < 4.78 is 0. The largest absolute Gasteiger partial charge is 0.324 e. The third kappa shape index (κ3) is 1.57. The minimum Gasteiger partial charge on any atom is -0.324 e. The predicted molar refractivity (Wildman–Crippen MR) is 60.2 cm³/mol. The Morgan fingerprint density at radius 1 is 1.33 bits per heavy atom. The maximum absolute atomic E-state index is 6.34. The van der Waals surface area contributed by atoms with E-state index in [2.05, 4.69) is 18.0 Å². The molecule has 1 aromatic heterocycles. The van der Waals surface area contributed by atoms with Crippen molar-refractivity contribution >= 4 is 0 Å². The molecule has 0 radical (unpaired) electrons. The average Bonchev–Trinajstić information content (AvgIpc) is 2.86. The molecule has 2 N–H and O–H groups in total. The zero-order valence-electron chi connectivity index (χ0n) is 9.19. The van der Waals surface area contributed by atoms with Crippen LogP contribution >= 0.6 is 0 Å². The van der Waals surface area contributed by atoms with E-state index in [1.165, 1.54) is 30.4 Å². The Balaban J connectivity index is 1.79. The second-order valence-electron chi connectivity index (χ2n) is 5.25. The van der Waals surface area contributed by atoms with Crippen LogP contribution in [0.1, 0.15) is 36.4 Å². The van der Waals surface area contributed by atoms with Crippen LogP contribution in [0.15, 0.2) is 18.5 Å². The zero-order chi connectivity index (χ0) is 10.4. The minimum absolute atomic E-state index is 0.214. The lowest BCUT2D eigenvalue weighted by molar-refractivity contribution is 0.402. The monoisotopic (exact) mass is 202 g/mol. The van der Waals surface area contributed by atoms with Gasteiger partial charge in [-0.25, -0.2) is 0 Å². The van der Waals surface area contributed by atoms with E-state index < -0.39 is 0 Å². The maximum atomic E-state index is 6.34. The van der Waals surface area contributed by atoms with Crippen LogP contribution < -0.4 is 5.73 Å². The molecule has 2 fully saturated rings. The van der Waals surface area contributed by atoms with E-state index in [0.717, 1.165) is 11.8 Å². The van der Waals surface area contributed by atoms with Crippen LogP contribution in [-0.2, 0) is 0 Å². The SMILES string of the molecule is Cc1ccncc1C(N)C1CC2CC2C1. The number of hydrogen-bond donors (Lipinski definition) is 1. The molecule has 1 aromatic rings. The summed E-state index contributed by atoms with van der Waals surface area (Å²) in [6, 6.07) is 2.27. The number of nitrogens with two attached hydrogens (primary N) is 1. The molecule has 2 saturated carbocycles. The number of fused-ring (bicyclic) bond motifs is 1. The molecule has 3 unspecified atom stereocenters. The van der Waals surface area contributed by atoms with Crippen LogP contribution in [0, 0.1) is 24.7 Å². The number of aromatic nitrogens is 1. The van der Waals surface area contributed by atoms with Crippen molar-refractivity contribution in [3.63, 3.8) is 0 Å². The molecule has 3 atom stereocenters. The maximum Gasteiger partial charge on any atom is 0.0341 e. The second kappa shape index (κ2) is 3.31. The summed E-state index contributed by atoms with van der Waals surface area (Å²) in [5, 5.41) is 0. The zero-order valence-corrected chi connectivity index (χ0v) is 9.19. The topological polar surface area (TPSA) is 38.9 Å². The summed E-state index contributed by atoms with van der Waals surface area (Å²) in [4.78, 5) is 4.19. The molecule has 0 amide bonds. The van der Waals surface area contributed by atoms with Gasteiger partial charge in [0.25, 0.3) is 0 Å². The van der Waals surface area contributed by atoms with Crippen molar-refractivity contribution in [2.75, 3.05) is 0 Å². The first-order valence-electron chi connectivity index (χ1n) is 5.92. The molecule has 2 heteroatoms. The van der Waals surface area contributed by atoms with Gasteiger partial charge in [0.2, 0.25) is 0 Å². The first kappa shape index (κ1) is 9.34. The Morgan fingerprint density at radius 2 is 2.07 bits per heavy atom. The summed E-state index contributed by atoms with van der Waals surface area (Å²) in [5.41, 5.74) is 8.89. The van der Waals surface area contributed by atoms with E-state index in [0.29, 0.717) is 5.92 Å². The molecule has 3 rings (SSSR count). The molecule has 80 valence electrons. The molecule has 0 bridgehead atoms. The fourth-order valence-corrected chi connectivity index (χ4v) is 3.13. The molecule has 0 aliphatic heterocycles. The summed E-state index contributed by atoms with van der Waals surface area (Å²) in [7, 11) is 0. The molecule has 0 spiro atoms. The highest BCUT2D eigenvalue weighted by molar-refractivity contribution is 5.26. The van der Waals surface area contributed by atoms with Gasteiger partial charge in [0, 0.05) is 18.4 Å². The number of aryl methyl sites for hydroxylation is 1. The van der Waals surface area contributed by atoms with Crippen molar-refractivity contribution in [2.24, 2.45) is 23.5 Å². The van der Waals surface area contributed by atoms with Crippen LogP contribution in [0.25, 0.3) is 0 Å². The van der Waals surface area contributed by atoms with E-state index in [1.54, 1.807) is 0 Å². The van der Waals surface area contributed by atoms with E-state index in [4.69, 9.17) is 5.73 Å². The Kier molecular flexibility index (Phi) is 2.06. The van der Waals surface area contributed by atoms with Crippen molar-refractivity contribution in [1.82, 2.24) is 4.98 Å². The Bertz CT molecular complexity index is 365. The lowest BCUT2D eigenvalue weighted by Gasteiger charge is -2.22. The van der Waals surface area contributed by atoms with Crippen molar-refractivity contribution in [2.45, 2.75) is 32.2 Å². The van der Waals surface area contributed by atoms with Gasteiger partial charge >= 0.3 is 0 Å². The van der Waals surface area contributed by atoms with Crippen molar-refractivity contribution in [3.05, 3.63) is 29.6 Å². The number of nitrogens with zero attached hydrogens (tertiary/aromatic N) is 1. The quantitative estimate of drug-likeness (QED) is 0.800. The third-order valence-electron chi connectivity index (χ3n) is 4.23. The van der Waals surface area contributed by atoms with Gasteiger partial charge in [-0.05, 0) is 61.1 Å². The molecule has 2 nitrogen and oxygen atoms in total. The third-order valence-corrected chi connectivity index (χ3v) is 4.23. The van der Waals surface area contributed by atoms with Crippen LogP contribution in [0.4, 0.5) is 0 Å². The molecule has 1 heterocycles. The van der Waals surface area contributed by atoms with Crippen molar-refractivity contribution in [1.29, 1.82) is 0 Å². The second-order valence-corrected chi connectivity index (χ2v) is 5.25. The van der Waals surface area contributed by atoms with Gasteiger partial charge in [-0.15, -0.1) is 0 Å². The van der Waals surface area contributed by atoms with Crippen LogP contribution in [-0.4, -0.2) is 4.98 Å². The van der Waals surface area contributed by atoms with Gasteiger partial charge in [0.1, 0.15) is 0 Å². The van der Waals surface area contributed by atoms with Crippen LogP contribution in [0.5, 0.6) is 0 Å². The van der Waals surface area contributed by atoms with Gasteiger partial charge in [0.05, 0.1) is 0 Å². The summed E-state index contributed by atoms with van der Waals surface area (Å²) in [6.07, 6.45) is 7.96. The summed E-state index contributed by atoms with van der Waals surface area (Å²) in [6.45, 7) is 2.13. The highest BCUT2D eigenvalue weighted by Gasteiger charge is 2.47. The average molecular weight is 202 g/mol. The molecule has 15 heavy (non-hydrogen) atoms. The van der Waals surface area contributed by atoms with Gasteiger partial charge in [-0.1, -0.05) is 0 Å². The van der Waals surface area contributed by atoms with Crippen molar-refractivity contribution in [3.8, 4) is 0 Å². The number of hydrogen-bond acceptors (Lipinski definition) is 2. The van der Waals surface area contributed by atoms with Gasteiger partial charge in [-0.2, -0.15) is 0 Å². The normalized spacial score (nSPS) is 34.9. The summed E-state index contributed by atoms with van der Waals surface area (Å²) in [5.74, 6) is 2.73. The number of pyridine rings is 1. The molecule has 2 aliphatic rings. The van der Waals surface area contributed by atoms with E-state index in [1.807, 2.05) is 12.4 Å². The van der Waals surface area contributed by atoms with Crippen LogP contribution in [0.2, 0.25) is 0 Å². The smallest absolute Gasteiger partial charge is 0.0341 e. The fourth-order valence-electron chi connectivity index (χ4n) is 3.13. The minimum atomic E-state index is 0.214. The Hall–Kier alpha value is -0.890. The van der Waals surface area contributed by atoms with E-state index in [9.17, 15) is 0 Å². The molecular weight excluding hydrogens is 184 g/mol. The summed E-state index contributed by atoms with van der Waals surface area (Å²) >= 11 is 0. The first-order chi connectivity index (χ1) is 7.25. The predicted octanol–water partition coefficient (Wildman–Crippen LogP) is 2.44. The molecule has 0 aromatic carbocycles. The van der Waals surface area contributed by atoms with Crippen LogP contribution in [0.3, 0.4) is 0 Å². The number of rotatable bonds is 2. The van der Waals surface area contributed by atoms with Gasteiger partial charge in [0.15, 0.2) is 0 Å². The highest BCUT2D eigenvalue weighted by Crippen LogP contribution is 2.56. The fraction of sp³-hybridized carbons (Fsp3) is 0.615. The highest BCUT2D eigenvalue weighted by atomic mass is 14.7. The lowest BCUT2D eigenvalue weighted by atomic mass is 9.89. The van der Waals surface area contributed by atoms with Crippen molar-refractivity contribution < 1.29 is 0 Å².